The largest absolute Gasteiger partial charge is 0.385 e. The van der Waals surface area contributed by atoms with Gasteiger partial charge in [-0.25, -0.2) is 0 Å². The summed E-state index contributed by atoms with van der Waals surface area (Å²) in [6.07, 6.45) is 3.84. The Labute approximate surface area is 125 Å². The van der Waals surface area contributed by atoms with Gasteiger partial charge < -0.3 is 10.6 Å². The SMILES string of the molecule is CCNc1ccc(C(=O)NCC2CCCCS2)cc1C. The van der Waals surface area contributed by atoms with Crippen LogP contribution in [0.15, 0.2) is 18.2 Å². The van der Waals surface area contributed by atoms with E-state index in [1.807, 2.05) is 36.9 Å². The van der Waals surface area contributed by atoms with Crippen molar-refractivity contribution in [3.63, 3.8) is 0 Å². The Hall–Kier alpha value is -1.16. The molecule has 1 atom stereocenters. The highest BCUT2D eigenvalue weighted by atomic mass is 32.2. The van der Waals surface area contributed by atoms with Gasteiger partial charge >= 0.3 is 0 Å². The van der Waals surface area contributed by atoms with E-state index in [0.29, 0.717) is 5.25 Å². The second kappa shape index (κ2) is 7.58. The molecule has 0 aliphatic carbocycles. The van der Waals surface area contributed by atoms with Gasteiger partial charge in [-0.05, 0) is 56.2 Å². The lowest BCUT2D eigenvalue weighted by Crippen LogP contribution is -2.31. The van der Waals surface area contributed by atoms with Crippen LogP contribution < -0.4 is 10.6 Å². The molecule has 1 fully saturated rings. The Bertz CT molecular complexity index is 456. The molecule has 1 heterocycles. The van der Waals surface area contributed by atoms with Crippen LogP contribution in [-0.4, -0.2) is 30.0 Å². The number of benzene rings is 1. The summed E-state index contributed by atoms with van der Waals surface area (Å²) in [5, 5.41) is 6.95. The second-order valence-corrected chi connectivity index (χ2v) is 6.67. The van der Waals surface area contributed by atoms with Crippen molar-refractivity contribution >= 4 is 23.4 Å². The summed E-state index contributed by atoms with van der Waals surface area (Å²) >= 11 is 1.99. The smallest absolute Gasteiger partial charge is 0.251 e. The Morgan fingerprint density at radius 1 is 1.40 bits per heavy atom. The van der Waals surface area contributed by atoms with E-state index in [0.717, 1.165) is 29.9 Å². The molecule has 1 aliphatic heterocycles. The third kappa shape index (κ3) is 4.17. The number of anilines is 1. The standard InChI is InChI=1S/C16H24N2OS/c1-3-17-15-8-7-13(10-12(15)2)16(19)18-11-14-6-4-5-9-20-14/h7-8,10,14,17H,3-6,9,11H2,1-2H3,(H,18,19). The molecular formula is C16H24N2OS. The second-order valence-electron chi connectivity index (χ2n) is 5.26. The predicted molar refractivity (Wildman–Crippen MR) is 87.8 cm³/mol. The number of hydrogen-bond acceptors (Lipinski definition) is 3. The van der Waals surface area contributed by atoms with E-state index in [9.17, 15) is 4.79 Å². The average Bonchev–Trinajstić information content (AvgIpc) is 2.48. The van der Waals surface area contributed by atoms with Gasteiger partial charge in [0.15, 0.2) is 0 Å². The lowest BCUT2D eigenvalue weighted by atomic mass is 10.1. The van der Waals surface area contributed by atoms with Crippen LogP contribution in [0.3, 0.4) is 0 Å². The minimum absolute atomic E-state index is 0.0438. The lowest BCUT2D eigenvalue weighted by Gasteiger charge is -2.21. The molecule has 1 aromatic rings. The van der Waals surface area contributed by atoms with Gasteiger partial charge in [-0.15, -0.1) is 0 Å². The Morgan fingerprint density at radius 3 is 2.90 bits per heavy atom. The van der Waals surface area contributed by atoms with Gasteiger partial charge in [0.2, 0.25) is 0 Å². The minimum Gasteiger partial charge on any atom is -0.385 e. The van der Waals surface area contributed by atoms with Crippen LogP contribution in [0, 0.1) is 6.92 Å². The normalized spacial score (nSPS) is 18.6. The first-order valence-corrected chi connectivity index (χ1v) is 8.50. The van der Waals surface area contributed by atoms with Gasteiger partial charge in [-0.1, -0.05) is 6.42 Å². The topological polar surface area (TPSA) is 41.1 Å². The first-order valence-electron chi connectivity index (χ1n) is 7.45. The third-order valence-electron chi connectivity index (χ3n) is 3.62. The molecule has 3 nitrogen and oxygen atoms in total. The van der Waals surface area contributed by atoms with Crippen molar-refractivity contribution in [3.8, 4) is 0 Å². The molecular weight excluding hydrogens is 268 g/mol. The molecule has 0 radical (unpaired) electrons. The van der Waals surface area contributed by atoms with Crippen LogP contribution in [0.4, 0.5) is 5.69 Å². The van der Waals surface area contributed by atoms with Crippen molar-refractivity contribution < 1.29 is 4.79 Å². The van der Waals surface area contributed by atoms with Crippen LogP contribution in [0.25, 0.3) is 0 Å². The number of hydrogen-bond donors (Lipinski definition) is 2. The zero-order chi connectivity index (χ0) is 14.4. The molecule has 1 amide bonds. The molecule has 1 unspecified atom stereocenters. The Balaban J connectivity index is 1.89. The fourth-order valence-electron chi connectivity index (χ4n) is 2.47. The van der Waals surface area contributed by atoms with Crippen LogP contribution in [0.2, 0.25) is 0 Å². The van der Waals surface area contributed by atoms with E-state index in [2.05, 4.69) is 17.6 Å². The summed E-state index contributed by atoms with van der Waals surface area (Å²) in [5.41, 5.74) is 2.98. The van der Waals surface area contributed by atoms with E-state index in [-0.39, 0.29) is 5.91 Å². The molecule has 1 saturated heterocycles. The van der Waals surface area contributed by atoms with Crippen molar-refractivity contribution in [2.24, 2.45) is 0 Å². The zero-order valence-electron chi connectivity index (χ0n) is 12.4. The number of carbonyl (C=O) groups excluding carboxylic acids is 1. The monoisotopic (exact) mass is 292 g/mol. The summed E-state index contributed by atoms with van der Waals surface area (Å²) in [4.78, 5) is 12.2. The molecule has 0 aromatic heterocycles. The van der Waals surface area contributed by atoms with Crippen molar-refractivity contribution in [1.82, 2.24) is 5.32 Å². The third-order valence-corrected chi connectivity index (χ3v) is 5.02. The molecule has 4 heteroatoms. The highest BCUT2D eigenvalue weighted by molar-refractivity contribution is 7.99. The van der Waals surface area contributed by atoms with Gasteiger partial charge in [0.25, 0.3) is 5.91 Å². The predicted octanol–water partition coefficient (Wildman–Crippen LogP) is 3.44. The van der Waals surface area contributed by atoms with Crippen LogP contribution in [0.1, 0.15) is 42.1 Å². The van der Waals surface area contributed by atoms with Crippen LogP contribution in [0.5, 0.6) is 0 Å². The van der Waals surface area contributed by atoms with Gasteiger partial charge in [-0.2, -0.15) is 11.8 Å². The van der Waals surface area contributed by atoms with E-state index >= 15 is 0 Å². The molecule has 0 spiro atoms. The van der Waals surface area contributed by atoms with E-state index in [4.69, 9.17) is 0 Å². The van der Waals surface area contributed by atoms with Crippen molar-refractivity contribution in [2.45, 2.75) is 38.4 Å². The zero-order valence-corrected chi connectivity index (χ0v) is 13.2. The number of amides is 1. The van der Waals surface area contributed by atoms with Crippen molar-refractivity contribution in [3.05, 3.63) is 29.3 Å². The quantitative estimate of drug-likeness (QED) is 0.873. The summed E-state index contributed by atoms with van der Waals surface area (Å²) < 4.78 is 0. The first kappa shape index (κ1) is 15.2. The van der Waals surface area contributed by atoms with Gasteiger partial charge in [0.05, 0.1) is 0 Å². The molecule has 1 aliphatic rings. The van der Waals surface area contributed by atoms with Gasteiger partial charge in [0.1, 0.15) is 0 Å². The molecule has 20 heavy (non-hydrogen) atoms. The molecule has 2 N–H and O–H groups in total. The summed E-state index contributed by atoms with van der Waals surface area (Å²) in [6, 6.07) is 5.85. The lowest BCUT2D eigenvalue weighted by molar-refractivity contribution is 0.0953. The molecule has 0 saturated carbocycles. The van der Waals surface area contributed by atoms with Crippen molar-refractivity contribution in [1.29, 1.82) is 0 Å². The first-order chi connectivity index (χ1) is 9.70. The average molecular weight is 292 g/mol. The molecule has 1 aromatic carbocycles. The summed E-state index contributed by atoms with van der Waals surface area (Å²) in [6.45, 7) is 5.79. The number of aryl methyl sites for hydroxylation is 1. The highest BCUT2D eigenvalue weighted by Crippen LogP contribution is 2.24. The summed E-state index contributed by atoms with van der Waals surface area (Å²) in [7, 11) is 0. The maximum absolute atomic E-state index is 12.2. The van der Waals surface area contributed by atoms with E-state index in [1.54, 1.807) is 0 Å². The van der Waals surface area contributed by atoms with Crippen LogP contribution in [-0.2, 0) is 0 Å². The number of carbonyl (C=O) groups is 1. The Kier molecular flexibility index (Phi) is 5.77. The highest BCUT2D eigenvalue weighted by Gasteiger charge is 2.15. The minimum atomic E-state index is 0.0438. The van der Waals surface area contributed by atoms with Crippen LogP contribution >= 0.6 is 11.8 Å². The Morgan fingerprint density at radius 2 is 2.25 bits per heavy atom. The molecule has 2 rings (SSSR count). The van der Waals surface area contributed by atoms with E-state index < -0.39 is 0 Å². The molecule has 110 valence electrons. The van der Waals surface area contributed by atoms with Gasteiger partial charge in [-0.3, -0.25) is 4.79 Å². The molecule has 0 bridgehead atoms. The van der Waals surface area contributed by atoms with Crippen molar-refractivity contribution in [2.75, 3.05) is 24.2 Å². The number of nitrogens with one attached hydrogen (secondary N) is 2. The number of rotatable bonds is 5. The van der Waals surface area contributed by atoms with Gasteiger partial charge in [0, 0.05) is 29.6 Å². The van der Waals surface area contributed by atoms with E-state index in [1.165, 1.54) is 25.0 Å². The maximum Gasteiger partial charge on any atom is 0.251 e. The number of thioether (sulfide) groups is 1. The fourth-order valence-corrected chi connectivity index (χ4v) is 3.71. The summed E-state index contributed by atoms with van der Waals surface area (Å²) in [5.74, 6) is 1.28. The maximum atomic E-state index is 12.2. The fraction of sp³-hybridized carbons (Fsp3) is 0.562.